The first-order valence-electron chi connectivity index (χ1n) is 6.45. The molecule has 0 radical (unpaired) electrons. The van der Waals surface area contributed by atoms with Crippen LogP contribution < -0.4 is 5.32 Å². The average molecular weight is 250 g/mol. The molecule has 0 bridgehead atoms. The molecule has 1 rings (SSSR count). The van der Waals surface area contributed by atoms with E-state index in [9.17, 15) is 10.1 Å². The quantitative estimate of drug-likeness (QED) is 0.622. The highest BCUT2D eigenvalue weighted by atomic mass is 16.6. The Balaban J connectivity index is 2.86. The van der Waals surface area contributed by atoms with Crippen molar-refractivity contribution in [3.8, 4) is 0 Å². The first-order valence-corrected chi connectivity index (χ1v) is 6.45. The Hall–Kier alpha value is -1.42. The SMILES string of the molecule is CCCNC(C)C(C)c1ccc([N+](=O)[O-])cc1C. The van der Waals surface area contributed by atoms with Crippen molar-refractivity contribution >= 4 is 5.69 Å². The minimum atomic E-state index is -0.347. The smallest absolute Gasteiger partial charge is 0.269 e. The van der Waals surface area contributed by atoms with E-state index in [-0.39, 0.29) is 10.6 Å². The summed E-state index contributed by atoms with van der Waals surface area (Å²) in [5, 5.41) is 14.2. The zero-order valence-electron chi connectivity index (χ0n) is 11.6. The van der Waals surface area contributed by atoms with Gasteiger partial charge in [0.05, 0.1) is 4.92 Å². The molecule has 2 atom stereocenters. The van der Waals surface area contributed by atoms with Crippen molar-refractivity contribution in [1.29, 1.82) is 0 Å². The summed E-state index contributed by atoms with van der Waals surface area (Å²) in [7, 11) is 0. The predicted molar refractivity (Wildman–Crippen MR) is 74.0 cm³/mol. The molecule has 18 heavy (non-hydrogen) atoms. The Morgan fingerprint density at radius 1 is 1.39 bits per heavy atom. The van der Waals surface area contributed by atoms with Gasteiger partial charge < -0.3 is 5.32 Å². The number of nitrogens with one attached hydrogen (secondary N) is 1. The Morgan fingerprint density at radius 2 is 2.06 bits per heavy atom. The average Bonchev–Trinajstić information content (AvgIpc) is 2.34. The zero-order valence-corrected chi connectivity index (χ0v) is 11.6. The van der Waals surface area contributed by atoms with Crippen molar-refractivity contribution in [2.45, 2.75) is 46.1 Å². The van der Waals surface area contributed by atoms with Crippen LogP contribution in [0.25, 0.3) is 0 Å². The van der Waals surface area contributed by atoms with Crippen molar-refractivity contribution < 1.29 is 4.92 Å². The number of nitro benzene ring substituents is 1. The summed E-state index contributed by atoms with van der Waals surface area (Å²) in [6.45, 7) is 9.38. The first kappa shape index (κ1) is 14.6. The summed E-state index contributed by atoms with van der Waals surface area (Å²) < 4.78 is 0. The Kier molecular flexibility index (Phi) is 5.28. The summed E-state index contributed by atoms with van der Waals surface area (Å²) >= 11 is 0. The summed E-state index contributed by atoms with van der Waals surface area (Å²) in [6, 6.07) is 5.48. The van der Waals surface area contributed by atoms with E-state index in [2.05, 4.69) is 26.1 Å². The van der Waals surface area contributed by atoms with Crippen LogP contribution in [0, 0.1) is 17.0 Å². The lowest BCUT2D eigenvalue weighted by atomic mass is 9.90. The van der Waals surface area contributed by atoms with E-state index in [1.165, 1.54) is 5.56 Å². The fraction of sp³-hybridized carbons (Fsp3) is 0.571. The number of nitrogens with zero attached hydrogens (tertiary/aromatic N) is 1. The summed E-state index contributed by atoms with van der Waals surface area (Å²) in [5.41, 5.74) is 2.33. The van der Waals surface area contributed by atoms with Gasteiger partial charge in [-0.15, -0.1) is 0 Å². The number of hydrogen-bond donors (Lipinski definition) is 1. The van der Waals surface area contributed by atoms with Gasteiger partial charge in [-0.1, -0.05) is 19.9 Å². The molecule has 1 N–H and O–H groups in total. The minimum Gasteiger partial charge on any atom is -0.314 e. The molecule has 0 spiro atoms. The Morgan fingerprint density at radius 3 is 2.56 bits per heavy atom. The van der Waals surface area contributed by atoms with Gasteiger partial charge in [-0.3, -0.25) is 10.1 Å². The van der Waals surface area contributed by atoms with Gasteiger partial charge in [-0.25, -0.2) is 0 Å². The molecule has 4 nitrogen and oxygen atoms in total. The predicted octanol–water partition coefficient (Wildman–Crippen LogP) is 3.39. The maximum absolute atomic E-state index is 10.7. The van der Waals surface area contributed by atoms with Crippen LogP contribution in [-0.2, 0) is 0 Å². The number of rotatable bonds is 6. The highest BCUT2D eigenvalue weighted by molar-refractivity contribution is 5.41. The van der Waals surface area contributed by atoms with Gasteiger partial charge in [0.25, 0.3) is 5.69 Å². The van der Waals surface area contributed by atoms with E-state index in [0.29, 0.717) is 12.0 Å². The second-order valence-electron chi connectivity index (χ2n) is 4.83. The monoisotopic (exact) mass is 250 g/mol. The highest BCUT2D eigenvalue weighted by Crippen LogP contribution is 2.26. The van der Waals surface area contributed by atoms with Crippen molar-refractivity contribution in [2.75, 3.05) is 6.54 Å². The molecule has 0 saturated carbocycles. The van der Waals surface area contributed by atoms with Crippen molar-refractivity contribution in [2.24, 2.45) is 0 Å². The van der Waals surface area contributed by atoms with Crippen LogP contribution in [-0.4, -0.2) is 17.5 Å². The highest BCUT2D eigenvalue weighted by Gasteiger charge is 2.17. The van der Waals surface area contributed by atoms with Crippen molar-refractivity contribution in [1.82, 2.24) is 5.32 Å². The van der Waals surface area contributed by atoms with E-state index in [4.69, 9.17) is 0 Å². The van der Waals surface area contributed by atoms with Crippen LogP contribution in [0.3, 0.4) is 0 Å². The maximum Gasteiger partial charge on any atom is 0.269 e. The van der Waals surface area contributed by atoms with E-state index >= 15 is 0 Å². The van der Waals surface area contributed by atoms with Gasteiger partial charge in [0.15, 0.2) is 0 Å². The molecule has 0 aliphatic carbocycles. The number of benzene rings is 1. The molecular weight excluding hydrogens is 228 g/mol. The second-order valence-corrected chi connectivity index (χ2v) is 4.83. The molecule has 1 aromatic rings. The molecule has 0 heterocycles. The summed E-state index contributed by atoms with van der Waals surface area (Å²) in [4.78, 5) is 10.4. The Labute approximate surface area is 109 Å². The summed E-state index contributed by atoms with van der Waals surface area (Å²) in [6.07, 6.45) is 1.11. The summed E-state index contributed by atoms with van der Waals surface area (Å²) in [5.74, 6) is 0.345. The number of aryl methyl sites for hydroxylation is 1. The van der Waals surface area contributed by atoms with Gasteiger partial charge in [-0.2, -0.15) is 0 Å². The molecule has 0 amide bonds. The first-order chi connectivity index (χ1) is 8.47. The molecular formula is C14H22N2O2. The number of nitro groups is 1. The van der Waals surface area contributed by atoms with E-state index in [1.807, 2.05) is 13.0 Å². The lowest BCUT2D eigenvalue weighted by Crippen LogP contribution is -2.31. The van der Waals surface area contributed by atoms with Crippen LogP contribution >= 0.6 is 0 Å². The standard InChI is InChI=1S/C14H22N2O2/c1-5-8-15-12(4)11(3)14-7-6-13(16(17)18)9-10(14)2/h6-7,9,11-12,15H,5,8H2,1-4H3. The molecule has 0 saturated heterocycles. The molecule has 0 aliphatic heterocycles. The lowest BCUT2D eigenvalue weighted by Gasteiger charge is -2.23. The molecule has 0 aromatic heterocycles. The van der Waals surface area contributed by atoms with E-state index in [1.54, 1.807) is 12.1 Å². The molecule has 0 aliphatic rings. The van der Waals surface area contributed by atoms with Gasteiger partial charge in [0.2, 0.25) is 0 Å². The van der Waals surface area contributed by atoms with Crippen LogP contribution in [0.4, 0.5) is 5.69 Å². The van der Waals surface area contributed by atoms with E-state index < -0.39 is 0 Å². The Bertz CT molecular complexity index is 418. The molecule has 100 valence electrons. The van der Waals surface area contributed by atoms with Gasteiger partial charge in [0.1, 0.15) is 0 Å². The van der Waals surface area contributed by atoms with Crippen LogP contribution in [0.15, 0.2) is 18.2 Å². The van der Waals surface area contributed by atoms with Gasteiger partial charge in [0, 0.05) is 18.2 Å². The van der Waals surface area contributed by atoms with E-state index in [0.717, 1.165) is 18.5 Å². The molecule has 0 fully saturated rings. The molecule has 2 unspecified atom stereocenters. The van der Waals surface area contributed by atoms with Gasteiger partial charge >= 0.3 is 0 Å². The van der Waals surface area contributed by atoms with Crippen LogP contribution in [0.1, 0.15) is 44.2 Å². The third kappa shape index (κ3) is 3.53. The molecule has 1 aromatic carbocycles. The minimum absolute atomic E-state index is 0.164. The fourth-order valence-corrected chi connectivity index (χ4v) is 2.10. The van der Waals surface area contributed by atoms with Crippen molar-refractivity contribution in [3.05, 3.63) is 39.4 Å². The normalized spacial score (nSPS) is 14.2. The topological polar surface area (TPSA) is 55.2 Å². The third-order valence-electron chi connectivity index (χ3n) is 3.42. The van der Waals surface area contributed by atoms with Gasteiger partial charge in [-0.05, 0) is 43.9 Å². The zero-order chi connectivity index (χ0) is 13.7. The van der Waals surface area contributed by atoms with Crippen LogP contribution in [0.5, 0.6) is 0 Å². The molecule has 4 heteroatoms. The maximum atomic E-state index is 10.7. The van der Waals surface area contributed by atoms with Crippen LogP contribution in [0.2, 0.25) is 0 Å². The fourth-order valence-electron chi connectivity index (χ4n) is 2.10. The third-order valence-corrected chi connectivity index (χ3v) is 3.42. The largest absolute Gasteiger partial charge is 0.314 e. The number of hydrogen-bond acceptors (Lipinski definition) is 3. The van der Waals surface area contributed by atoms with Crippen molar-refractivity contribution in [3.63, 3.8) is 0 Å². The number of non-ortho nitro benzene ring substituents is 1. The second kappa shape index (κ2) is 6.50. The lowest BCUT2D eigenvalue weighted by molar-refractivity contribution is -0.384.